The first-order valence-corrected chi connectivity index (χ1v) is 8.51. The molecule has 0 heterocycles. The maximum atomic E-state index is 12.7. The van der Waals surface area contributed by atoms with Gasteiger partial charge in [-0.05, 0) is 60.8 Å². The van der Waals surface area contributed by atoms with Crippen molar-refractivity contribution in [2.45, 2.75) is 38.6 Å². The normalized spacial score (nSPS) is 28.0. The Morgan fingerprint density at radius 1 is 1.09 bits per heavy atom. The second-order valence-corrected chi connectivity index (χ2v) is 7.13. The molecule has 2 aromatic rings. The molecule has 2 saturated carbocycles. The Morgan fingerprint density at radius 2 is 1.91 bits per heavy atom. The van der Waals surface area contributed by atoms with Gasteiger partial charge in [-0.15, -0.1) is 0 Å². The summed E-state index contributed by atoms with van der Waals surface area (Å²) in [6.45, 7) is 2.19. The summed E-state index contributed by atoms with van der Waals surface area (Å²) in [5.74, 6) is 2.52. The molecule has 0 unspecified atom stereocenters. The lowest BCUT2D eigenvalue weighted by Gasteiger charge is -2.28. The van der Waals surface area contributed by atoms with Gasteiger partial charge >= 0.3 is 0 Å². The molecule has 2 heteroatoms. The minimum absolute atomic E-state index is 0.0760. The lowest BCUT2D eigenvalue weighted by atomic mass is 9.84. The summed E-state index contributed by atoms with van der Waals surface area (Å²) in [5, 5.41) is 5.45. The van der Waals surface area contributed by atoms with E-state index in [0.717, 1.165) is 28.2 Å². The van der Waals surface area contributed by atoms with Crippen LogP contribution in [0.1, 0.15) is 43.0 Å². The summed E-state index contributed by atoms with van der Waals surface area (Å²) < 4.78 is 0. The van der Waals surface area contributed by atoms with Crippen LogP contribution < -0.4 is 5.32 Å². The zero-order chi connectivity index (χ0) is 15.1. The van der Waals surface area contributed by atoms with Crippen molar-refractivity contribution < 1.29 is 4.79 Å². The number of amides is 1. The van der Waals surface area contributed by atoms with Crippen LogP contribution in [0.25, 0.3) is 10.8 Å². The van der Waals surface area contributed by atoms with E-state index in [4.69, 9.17) is 0 Å². The van der Waals surface area contributed by atoms with Crippen LogP contribution in [0.5, 0.6) is 0 Å². The Hall–Kier alpha value is -1.83. The third-order valence-corrected chi connectivity index (χ3v) is 5.83. The van der Waals surface area contributed by atoms with E-state index in [-0.39, 0.29) is 11.9 Å². The van der Waals surface area contributed by atoms with Crippen molar-refractivity contribution in [3.8, 4) is 0 Å². The van der Waals surface area contributed by atoms with Crippen LogP contribution in [0.4, 0.5) is 0 Å². The van der Waals surface area contributed by atoms with E-state index >= 15 is 0 Å². The molecule has 22 heavy (non-hydrogen) atoms. The number of rotatable bonds is 3. The predicted octanol–water partition coefficient (Wildman–Crippen LogP) is 4.39. The first-order valence-electron chi connectivity index (χ1n) is 8.51. The fourth-order valence-electron chi connectivity index (χ4n) is 4.72. The summed E-state index contributed by atoms with van der Waals surface area (Å²) in [6, 6.07) is 14.4. The fourth-order valence-corrected chi connectivity index (χ4v) is 4.72. The molecule has 2 fully saturated rings. The van der Waals surface area contributed by atoms with Gasteiger partial charge in [0.2, 0.25) is 0 Å². The number of hydrogen-bond acceptors (Lipinski definition) is 1. The molecule has 0 aliphatic heterocycles. The lowest BCUT2D eigenvalue weighted by molar-refractivity contribution is 0.0917. The topological polar surface area (TPSA) is 29.1 Å². The largest absolute Gasteiger partial charge is 0.349 e. The van der Waals surface area contributed by atoms with Gasteiger partial charge in [-0.1, -0.05) is 42.8 Å². The van der Waals surface area contributed by atoms with E-state index in [1.807, 2.05) is 30.3 Å². The Morgan fingerprint density at radius 3 is 2.68 bits per heavy atom. The Balaban J connectivity index is 1.54. The first-order chi connectivity index (χ1) is 10.7. The van der Waals surface area contributed by atoms with Crippen molar-refractivity contribution in [3.63, 3.8) is 0 Å². The highest BCUT2D eigenvalue weighted by molar-refractivity contribution is 6.07. The van der Waals surface area contributed by atoms with Crippen LogP contribution in [-0.2, 0) is 0 Å². The summed E-state index contributed by atoms with van der Waals surface area (Å²) >= 11 is 0. The quantitative estimate of drug-likeness (QED) is 0.893. The zero-order valence-electron chi connectivity index (χ0n) is 13.1. The van der Waals surface area contributed by atoms with Crippen LogP contribution in [0.15, 0.2) is 42.5 Å². The maximum absolute atomic E-state index is 12.7. The molecule has 0 aromatic heterocycles. The van der Waals surface area contributed by atoms with Gasteiger partial charge in [0, 0.05) is 11.6 Å². The van der Waals surface area contributed by atoms with Crippen molar-refractivity contribution in [1.82, 2.24) is 5.32 Å². The molecule has 1 amide bonds. The van der Waals surface area contributed by atoms with Gasteiger partial charge in [0.25, 0.3) is 5.91 Å². The molecule has 2 aromatic carbocycles. The van der Waals surface area contributed by atoms with Crippen molar-refractivity contribution >= 4 is 16.7 Å². The molecule has 0 spiro atoms. The Kier molecular flexibility index (Phi) is 3.40. The molecule has 2 aliphatic rings. The van der Waals surface area contributed by atoms with E-state index in [1.54, 1.807) is 0 Å². The average Bonchev–Trinajstić information content (AvgIpc) is 3.17. The number of nitrogens with one attached hydrogen (secondary N) is 1. The van der Waals surface area contributed by atoms with Gasteiger partial charge in [-0.2, -0.15) is 0 Å². The van der Waals surface area contributed by atoms with Gasteiger partial charge in [-0.25, -0.2) is 0 Å². The highest BCUT2D eigenvalue weighted by atomic mass is 16.1. The van der Waals surface area contributed by atoms with E-state index in [2.05, 4.69) is 24.4 Å². The van der Waals surface area contributed by atoms with Crippen LogP contribution >= 0.6 is 0 Å². The molecule has 0 radical (unpaired) electrons. The SMILES string of the molecule is C[C@@H](NC(=O)c1cccc2ccccc12)[C@H]1C[C@@H]2CC[C@@H]1C2. The summed E-state index contributed by atoms with van der Waals surface area (Å²) in [6.07, 6.45) is 5.47. The van der Waals surface area contributed by atoms with Crippen molar-refractivity contribution in [2.75, 3.05) is 0 Å². The minimum atomic E-state index is 0.0760. The third-order valence-electron chi connectivity index (χ3n) is 5.83. The zero-order valence-corrected chi connectivity index (χ0v) is 13.1. The highest BCUT2D eigenvalue weighted by Gasteiger charge is 2.42. The van der Waals surface area contributed by atoms with Gasteiger partial charge in [0.1, 0.15) is 0 Å². The molecule has 2 aliphatic carbocycles. The van der Waals surface area contributed by atoms with Gasteiger partial charge in [0.05, 0.1) is 0 Å². The van der Waals surface area contributed by atoms with Crippen molar-refractivity contribution in [1.29, 1.82) is 0 Å². The van der Waals surface area contributed by atoms with E-state index in [1.165, 1.54) is 25.7 Å². The van der Waals surface area contributed by atoms with Crippen LogP contribution in [0.3, 0.4) is 0 Å². The summed E-state index contributed by atoms with van der Waals surface area (Å²) in [5.41, 5.74) is 0.799. The number of hydrogen-bond donors (Lipinski definition) is 1. The highest BCUT2D eigenvalue weighted by Crippen LogP contribution is 2.49. The second kappa shape index (κ2) is 5.42. The Labute approximate surface area is 131 Å². The van der Waals surface area contributed by atoms with Crippen molar-refractivity contribution in [2.24, 2.45) is 17.8 Å². The van der Waals surface area contributed by atoms with E-state index < -0.39 is 0 Å². The summed E-state index contributed by atoms with van der Waals surface area (Å²) in [4.78, 5) is 12.7. The second-order valence-electron chi connectivity index (χ2n) is 7.13. The van der Waals surface area contributed by atoms with Crippen LogP contribution in [-0.4, -0.2) is 11.9 Å². The fraction of sp³-hybridized carbons (Fsp3) is 0.450. The Bertz CT molecular complexity index is 702. The average molecular weight is 293 g/mol. The monoisotopic (exact) mass is 293 g/mol. The molecule has 1 N–H and O–H groups in total. The number of fused-ring (bicyclic) bond motifs is 3. The van der Waals surface area contributed by atoms with Crippen molar-refractivity contribution in [3.05, 3.63) is 48.0 Å². The molecule has 4 rings (SSSR count). The lowest BCUT2D eigenvalue weighted by Crippen LogP contribution is -2.40. The molecule has 0 saturated heterocycles. The van der Waals surface area contributed by atoms with Crippen LogP contribution in [0, 0.1) is 17.8 Å². The third kappa shape index (κ3) is 2.31. The van der Waals surface area contributed by atoms with Crippen LogP contribution in [0.2, 0.25) is 0 Å². The standard InChI is InChI=1S/C20H23NO/c1-13(19-12-14-9-10-16(19)11-14)21-20(22)18-8-4-6-15-5-2-3-7-17(15)18/h2-8,13-14,16,19H,9-12H2,1H3,(H,21,22)/t13-,14-,16-,19-/m1/s1. The van der Waals surface area contributed by atoms with Gasteiger partial charge in [-0.3, -0.25) is 4.79 Å². The van der Waals surface area contributed by atoms with Gasteiger partial charge in [0.15, 0.2) is 0 Å². The minimum Gasteiger partial charge on any atom is -0.349 e. The molecular formula is C20H23NO. The molecule has 2 nitrogen and oxygen atoms in total. The molecular weight excluding hydrogens is 270 g/mol. The van der Waals surface area contributed by atoms with E-state index in [9.17, 15) is 4.79 Å². The maximum Gasteiger partial charge on any atom is 0.252 e. The molecule has 2 bridgehead atoms. The van der Waals surface area contributed by atoms with E-state index in [0.29, 0.717) is 5.92 Å². The smallest absolute Gasteiger partial charge is 0.252 e. The number of carbonyl (C=O) groups is 1. The molecule has 4 atom stereocenters. The van der Waals surface area contributed by atoms with Gasteiger partial charge < -0.3 is 5.32 Å². The first kappa shape index (κ1) is 13.8. The number of carbonyl (C=O) groups excluding carboxylic acids is 1. The summed E-state index contributed by atoms with van der Waals surface area (Å²) in [7, 11) is 0. The molecule has 114 valence electrons. The predicted molar refractivity (Wildman–Crippen MR) is 89.8 cm³/mol. The number of benzene rings is 2.